The molecule has 2 heterocycles. The fraction of sp³-hybridized carbons (Fsp3) is 0.545. The molecule has 0 atom stereocenters. The van der Waals surface area contributed by atoms with Crippen LogP contribution in [-0.4, -0.2) is 17.3 Å². The standard InChI is InChI=1S/C11H14N2O/c14-10-6-12-5-9-11(10)7-3-1-2-4-8(7)13-9/h12-13H,1-6H2. The summed E-state index contributed by atoms with van der Waals surface area (Å²) in [6, 6.07) is 0. The van der Waals surface area contributed by atoms with E-state index in [-0.39, 0.29) is 5.78 Å². The van der Waals surface area contributed by atoms with E-state index in [1.165, 1.54) is 24.1 Å². The lowest BCUT2D eigenvalue weighted by molar-refractivity contribution is 0.0981. The second-order valence-corrected chi connectivity index (χ2v) is 4.17. The molecule has 1 aliphatic carbocycles. The minimum Gasteiger partial charge on any atom is -0.360 e. The lowest BCUT2D eigenvalue weighted by Gasteiger charge is -2.14. The Kier molecular flexibility index (Phi) is 1.74. The number of nitrogens with one attached hydrogen (secondary N) is 2. The highest BCUT2D eigenvalue weighted by Crippen LogP contribution is 2.28. The first-order chi connectivity index (χ1) is 6.86. The number of ketones is 1. The average Bonchev–Trinajstić information content (AvgIpc) is 2.57. The molecule has 0 saturated carbocycles. The Balaban J connectivity index is 2.16. The molecule has 0 bridgehead atoms. The van der Waals surface area contributed by atoms with E-state index in [0.29, 0.717) is 6.54 Å². The summed E-state index contributed by atoms with van der Waals surface area (Å²) < 4.78 is 0. The molecule has 1 aromatic rings. The highest BCUT2D eigenvalue weighted by molar-refractivity contribution is 6.01. The molecule has 0 amide bonds. The number of hydrogen-bond donors (Lipinski definition) is 2. The molecule has 3 rings (SSSR count). The molecule has 2 aliphatic rings. The molecule has 1 aromatic heterocycles. The third-order valence-corrected chi connectivity index (χ3v) is 3.24. The molecule has 0 radical (unpaired) electrons. The van der Waals surface area contributed by atoms with Crippen LogP contribution in [0.3, 0.4) is 0 Å². The van der Waals surface area contributed by atoms with Crippen LogP contribution in [0.2, 0.25) is 0 Å². The molecular formula is C11H14N2O. The van der Waals surface area contributed by atoms with Crippen LogP contribution in [0.1, 0.15) is 40.2 Å². The van der Waals surface area contributed by atoms with Crippen LogP contribution in [0.4, 0.5) is 0 Å². The number of H-pyrrole nitrogens is 1. The zero-order chi connectivity index (χ0) is 9.54. The summed E-state index contributed by atoms with van der Waals surface area (Å²) in [6.07, 6.45) is 4.70. The molecule has 2 N–H and O–H groups in total. The van der Waals surface area contributed by atoms with Gasteiger partial charge in [0.2, 0.25) is 0 Å². The maximum Gasteiger partial charge on any atom is 0.178 e. The highest BCUT2D eigenvalue weighted by Gasteiger charge is 2.26. The first-order valence-corrected chi connectivity index (χ1v) is 5.33. The first kappa shape index (κ1) is 8.24. The molecule has 14 heavy (non-hydrogen) atoms. The number of carbonyl (C=O) groups excluding carboxylic acids is 1. The van der Waals surface area contributed by atoms with E-state index in [1.54, 1.807) is 0 Å². The maximum atomic E-state index is 11.7. The van der Waals surface area contributed by atoms with Gasteiger partial charge in [-0.25, -0.2) is 0 Å². The largest absolute Gasteiger partial charge is 0.360 e. The number of aryl methyl sites for hydroxylation is 1. The zero-order valence-electron chi connectivity index (χ0n) is 8.15. The second kappa shape index (κ2) is 2.95. The number of hydrogen-bond acceptors (Lipinski definition) is 2. The van der Waals surface area contributed by atoms with Crippen LogP contribution < -0.4 is 5.32 Å². The van der Waals surface area contributed by atoms with Gasteiger partial charge in [-0.2, -0.15) is 0 Å². The summed E-state index contributed by atoms with van der Waals surface area (Å²) in [7, 11) is 0. The Morgan fingerprint density at radius 2 is 1.86 bits per heavy atom. The van der Waals surface area contributed by atoms with E-state index in [1.807, 2.05) is 0 Å². The van der Waals surface area contributed by atoms with Crippen molar-refractivity contribution in [2.24, 2.45) is 0 Å². The van der Waals surface area contributed by atoms with Crippen molar-refractivity contribution in [1.29, 1.82) is 0 Å². The summed E-state index contributed by atoms with van der Waals surface area (Å²) in [5, 5.41) is 3.12. The fourth-order valence-corrected chi connectivity index (χ4v) is 2.60. The van der Waals surface area contributed by atoms with Gasteiger partial charge in [0.1, 0.15) is 0 Å². The number of fused-ring (bicyclic) bond motifs is 3. The van der Waals surface area contributed by atoms with Gasteiger partial charge < -0.3 is 10.3 Å². The van der Waals surface area contributed by atoms with Gasteiger partial charge >= 0.3 is 0 Å². The van der Waals surface area contributed by atoms with Gasteiger partial charge in [0.25, 0.3) is 0 Å². The van der Waals surface area contributed by atoms with Crippen LogP contribution in [-0.2, 0) is 19.4 Å². The summed E-state index contributed by atoms with van der Waals surface area (Å²) in [6.45, 7) is 1.34. The lowest BCUT2D eigenvalue weighted by Crippen LogP contribution is -2.29. The Hall–Kier alpha value is -1.09. The van der Waals surface area contributed by atoms with E-state index < -0.39 is 0 Å². The van der Waals surface area contributed by atoms with Gasteiger partial charge in [-0.3, -0.25) is 4.79 Å². The minimum atomic E-state index is 0.269. The quantitative estimate of drug-likeness (QED) is 0.645. The summed E-state index contributed by atoms with van der Waals surface area (Å²) in [4.78, 5) is 15.1. The number of Topliss-reactive ketones (excluding diaryl/α,β-unsaturated/α-hetero) is 1. The molecule has 0 fully saturated rings. The number of carbonyl (C=O) groups is 1. The van der Waals surface area contributed by atoms with Gasteiger partial charge in [-0.05, 0) is 31.2 Å². The minimum absolute atomic E-state index is 0.269. The molecule has 0 aromatic carbocycles. The van der Waals surface area contributed by atoms with E-state index in [2.05, 4.69) is 10.3 Å². The molecule has 74 valence electrons. The third kappa shape index (κ3) is 1.05. The average molecular weight is 190 g/mol. The third-order valence-electron chi connectivity index (χ3n) is 3.24. The van der Waals surface area contributed by atoms with Gasteiger partial charge in [-0.15, -0.1) is 0 Å². The molecular weight excluding hydrogens is 176 g/mol. The predicted octanol–water partition coefficient (Wildman–Crippen LogP) is 1.18. The van der Waals surface area contributed by atoms with Crippen molar-refractivity contribution in [3.63, 3.8) is 0 Å². The summed E-state index contributed by atoms with van der Waals surface area (Å²) in [5.41, 5.74) is 4.77. The second-order valence-electron chi connectivity index (χ2n) is 4.17. The topological polar surface area (TPSA) is 44.9 Å². The highest BCUT2D eigenvalue weighted by atomic mass is 16.1. The van der Waals surface area contributed by atoms with Crippen molar-refractivity contribution in [2.45, 2.75) is 32.2 Å². The monoisotopic (exact) mass is 190 g/mol. The summed E-state index contributed by atoms with van der Waals surface area (Å²) >= 11 is 0. The number of aromatic amines is 1. The normalized spacial score (nSPS) is 20.4. The van der Waals surface area contributed by atoms with Gasteiger partial charge in [0.05, 0.1) is 6.54 Å². The molecule has 3 nitrogen and oxygen atoms in total. The molecule has 1 aliphatic heterocycles. The van der Waals surface area contributed by atoms with Crippen LogP contribution in [0.15, 0.2) is 0 Å². The SMILES string of the molecule is O=C1CNCc2[nH]c3c(c21)CCCC3. The Morgan fingerprint density at radius 3 is 2.79 bits per heavy atom. The van der Waals surface area contributed by atoms with Crippen LogP contribution in [0, 0.1) is 0 Å². The van der Waals surface area contributed by atoms with Crippen molar-refractivity contribution in [3.05, 3.63) is 22.5 Å². The molecule has 3 heteroatoms. The molecule has 0 unspecified atom stereocenters. The lowest BCUT2D eigenvalue weighted by atomic mass is 9.92. The molecule has 0 spiro atoms. The number of rotatable bonds is 0. The Morgan fingerprint density at radius 1 is 1.00 bits per heavy atom. The van der Waals surface area contributed by atoms with Gasteiger partial charge in [0, 0.05) is 23.5 Å². The van der Waals surface area contributed by atoms with Crippen LogP contribution >= 0.6 is 0 Å². The Bertz CT molecular complexity index is 392. The molecule has 0 saturated heterocycles. The Labute approximate surface area is 82.9 Å². The van der Waals surface area contributed by atoms with Crippen molar-refractivity contribution >= 4 is 5.78 Å². The van der Waals surface area contributed by atoms with Crippen molar-refractivity contribution in [1.82, 2.24) is 10.3 Å². The maximum absolute atomic E-state index is 11.7. The van der Waals surface area contributed by atoms with E-state index in [0.717, 1.165) is 30.6 Å². The van der Waals surface area contributed by atoms with Gasteiger partial charge in [-0.1, -0.05) is 0 Å². The van der Waals surface area contributed by atoms with E-state index in [9.17, 15) is 4.79 Å². The first-order valence-electron chi connectivity index (χ1n) is 5.33. The van der Waals surface area contributed by atoms with Crippen molar-refractivity contribution < 1.29 is 4.79 Å². The van der Waals surface area contributed by atoms with E-state index in [4.69, 9.17) is 0 Å². The fourth-order valence-electron chi connectivity index (χ4n) is 2.60. The van der Waals surface area contributed by atoms with E-state index >= 15 is 0 Å². The van der Waals surface area contributed by atoms with Crippen molar-refractivity contribution in [2.75, 3.05) is 6.54 Å². The van der Waals surface area contributed by atoms with Crippen LogP contribution in [0.25, 0.3) is 0 Å². The van der Waals surface area contributed by atoms with Crippen molar-refractivity contribution in [3.8, 4) is 0 Å². The van der Waals surface area contributed by atoms with Crippen LogP contribution in [0.5, 0.6) is 0 Å². The van der Waals surface area contributed by atoms with Gasteiger partial charge in [0.15, 0.2) is 5.78 Å². The number of aromatic nitrogens is 1. The summed E-state index contributed by atoms with van der Waals surface area (Å²) in [5.74, 6) is 0.269. The predicted molar refractivity (Wildman–Crippen MR) is 53.5 cm³/mol. The smallest absolute Gasteiger partial charge is 0.178 e. The zero-order valence-corrected chi connectivity index (χ0v) is 8.15.